The summed E-state index contributed by atoms with van der Waals surface area (Å²) >= 11 is 0. The number of carbonyl (C=O) groups excluding carboxylic acids is 1. The lowest BCUT2D eigenvalue weighted by Crippen LogP contribution is -2.40. The van der Waals surface area contributed by atoms with Crippen molar-refractivity contribution in [3.8, 4) is 0 Å². The largest absolute Gasteiger partial charge is 0.385 e. The summed E-state index contributed by atoms with van der Waals surface area (Å²) < 4.78 is 5.06. The predicted molar refractivity (Wildman–Crippen MR) is 70.7 cm³/mol. The molecule has 0 saturated carbocycles. The van der Waals surface area contributed by atoms with Gasteiger partial charge >= 0.3 is 0 Å². The molecule has 0 spiro atoms. The van der Waals surface area contributed by atoms with E-state index in [-0.39, 0.29) is 17.2 Å². The molecule has 0 aliphatic rings. The first-order valence-electron chi connectivity index (χ1n) is 6.43. The molecule has 0 radical (unpaired) electrons. The molecule has 0 bridgehead atoms. The first kappa shape index (κ1) is 16.4. The molecule has 17 heavy (non-hydrogen) atoms. The van der Waals surface area contributed by atoms with Crippen LogP contribution in [0.1, 0.15) is 40.0 Å². The minimum absolute atomic E-state index is 0.0433. The summed E-state index contributed by atoms with van der Waals surface area (Å²) in [4.78, 5) is 11.9. The van der Waals surface area contributed by atoms with Crippen LogP contribution in [0.25, 0.3) is 0 Å². The second-order valence-corrected chi connectivity index (χ2v) is 5.35. The molecule has 0 aromatic carbocycles. The topological polar surface area (TPSA) is 64.4 Å². The van der Waals surface area contributed by atoms with Crippen LogP contribution in [0, 0.1) is 11.3 Å². The first-order chi connectivity index (χ1) is 7.96. The second-order valence-electron chi connectivity index (χ2n) is 5.35. The molecule has 0 aromatic rings. The van der Waals surface area contributed by atoms with Crippen LogP contribution >= 0.6 is 0 Å². The number of hydrogen-bond donors (Lipinski definition) is 2. The molecule has 0 saturated heterocycles. The van der Waals surface area contributed by atoms with Crippen LogP contribution in [0.4, 0.5) is 0 Å². The summed E-state index contributed by atoms with van der Waals surface area (Å²) in [6.07, 6.45) is 2.79. The first-order valence-corrected chi connectivity index (χ1v) is 6.43. The highest BCUT2D eigenvalue weighted by atomic mass is 16.5. The zero-order valence-corrected chi connectivity index (χ0v) is 11.7. The van der Waals surface area contributed by atoms with Gasteiger partial charge in [-0.15, -0.1) is 0 Å². The summed E-state index contributed by atoms with van der Waals surface area (Å²) in [5, 5.41) is 2.99. The van der Waals surface area contributed by atoms with Crippen molar-refractivity contribution in [1.29, 1.82) is 0 Å². The maximum Gasteiger partial charge on any atom is 0.224 e. The quantitative estimate of drug-likeness (QED) is 0.646. The molecule has 3 N–H and O–H groups in total. The molecule has 1 unspecified atom stereocenters. The summed E-state index contributed by atoms with van der Waals surface area (Å²) in [6, 6.07) is 0. The van der Waals surface area contributed by atoms with Gasteiger partial charge in [0.05, 0.1) is 5.92 Å². The number of amides is 1. The van der Waals surface area contributed by atoms with Crippen molar-refractivity contribution in [2.45, 2.75) is 40.0 Å². The van der Waals surface area contributed by atoms with Crippen molar-refractivity contribution < 1.29 is 9.53 Å². The van der Waals surface area contributed by atoms with Crippen LogP contribution < -0.4 is 11.1 Å². The normalized spacial score (nSPS) is 13.5. The molecule has 0 fully saturated rings. The van der Waals surface area contributed by atoms with Crippen molar-refractivity contribution in [2.24, 2.45) is 17.1 Å². The highest BCUT2D eigenvalue weighted by molar-refractivity contribution is 5.78. The minimum Gasteiger partial charge on any atom is -0.385 e. The van der Waals surface area contributed by atoms with E-state index in [1.165, 1.54) is 0 Å². The van der Waals surface area contributed by atoms with Gasteiger partial charge in [-0.25, -0.2) is 0 Å². The van der Waals surface area contributed by atoms with E-state index in [9.17, 15) is 4.79 Å². The third kappa shape index (κ3) is 7.34. The number of hydrogen-bond acceptors (Lipinski definition) is 3. The van der Waals surface area contributed by atoms with E-state index >= 15 is 0 Å². The van der Waals surface area contributed by atoms with Gasteiger partial charge in [-0.1, -0.05) is 27.2 Å². The molecule has 0 aliphatic carbocycles. The van der Waals surface area contributed by atoms with Crippen molar-refractivity contribution in [3.05, 3.63) is 0 Å². The summed E-state index contributed by atoms with van der Waals surface area (Å²) in [7, 11) is 1.69. The van der Waals surface area contributed by atoms with E-state index in [0.29, 0.717) is 13.1 Å². The molecule has 0 rings (SSSR count). The van der Waals surface area contributed by atoms with E-state index in [1.54, 1.807) is 7.11 Å². The van der Waals surface area contributed by atoms with Crippen LogP contribution in [0.3, 0.4) is 0 Å². The number of carbonyl (C=O) groups is 1. The number of ether oxygens (including phenoxy) is 1. The lowest BCUT2D eigenvalue weighted by Gasteiger charge is -2.25. The van der Waals surface area contributed by atoms with E-state index in [2.05, 4.69) is 26.1 Å². The Kier molecular flexibility index (Phi) is 8.17. The fraction of sp³-hybridized carbons (Fsp3) is 0.923. The third-order valence-corrected chi connectivity index (χ3v) is 3.02. The van der Waals surface area contributed by atoms with E-state index in [0.717, 1.165) is 25.9 Å². The van der Waals surface area contributed by atoms with E-state index in [1.807, 2.05) is 0 Å². The molecule has 1 atom stereocenters. The smallest absolute Gasteiger partial charge is 0.224 e. The Labute approximate surface area is 105 Å². The Balaban J connectivity index is 4.03. The Morgan fingerprint density at radius 2 is 2.12 bits per heavy atom. The zero-order chi connectivity index (χ0) is 13.3. The molecule has 1 amide bonds. The fourth-order valence-electron chi connectivity index (χ4n) is 1.64. The van der Waals surface area contributed by atoms with E-state index in [4.69, 9.17) is 10.5 Å². The van der Waals surface area contributed by atoms with Gasteiger partial charge in [-0.2, -0.15) is 0 Å². The van der Waals surface area contributed by atoms with Crippen molar-refractivity contribution >= 4 is 5.91 Å². The van der Waals surface area contributed by atoms with E-state index < -0.39 is 0 Å². The zero-order valence-electron chi connectivity index (χ0n) is 11.7. The Morgan fingerprint density at radius 1 is 1.47 bits per heavy atom. The van der Waals surface area contributed by atoms with Crippen molar-refractivity contribution in [1.82, 2.24) is 5.32 Å². The summed E-state index contributed by atoms with van der Waals surface area (Å²) in [6.45, 7) is 8.15. The maximum atomic E-state index is 11.9. The molecule has 0 heterocycles. The molecule has 102 valence electrons. The number of methoxy groups -OCH3 is 1. The van der Waals surface area contributed by atoms with Gasteiger partial charge in [0, 0.05) is 26.8 Å². The van der Waals surface area contributed by atoms with Crippen molar-refractivity contribution in [2.75, 3.05) is 26.8 Å². The number of nitrogens with two attached hydrogens (primary N) is 1. The average Bonchev–Trinajstić information content (AvgIpc) is 2.30. The van der Waals surface area contributed by atoms with Crippen LogP contribution in [0.15, 0.2) is 0 Å². The Hall–Kier alpha value is -0.610. The van der Waals surface area contributed by atoms with Gasteiger partial charge in [0.1, 0.15) is 0 Å². The Bertz CT molecular complexity index is 217. The van der Waals surface area contributed by atoms with Gasteiger partial charge in [-0.05, 0) is 18.3 Å². The van der Waals surface area contributed by atoms with Crippen molar-refractivity contribution in [3.63, 3.8) is 0 Å². The predicted octanol–water partition coefficient (Wildman–Crippen LogP) is 1.54. The van der Waals surface area contributed by atoms with Gasteiger partial charge < -0.3 is 15.8 Å². The molecular weight excluding hydrogens is 216 g/mol. The molecule has 0 aromatic heterocycles. The van der Waals surface area contributed by atoms with Gasteiger partial charge in [0.15, 0.2) is 0 Å². The summed E-state index contributed by atoms with van der Waals surface area (Å²) in [5.74, 6) is 0.0399. The molecular formula is C13H28N2O2. The fourth-order valence-corrected chi connectivity index (χ4v) is 1.64. The highest BCUT2D eigenvalue weighted by Crippen LogP contribution is 2.19. The minimum atomic E-state index is -0.0433. The molecule has 4 nitrogen and oxygen atoms in total. The summed E-state index contributed by atoms with van der Waals surface area (Å²) in [5.41, 5.74) is 5.66. The monoisotopic (exact) mass is 244 g/mol. The lowest BCUT2D eigenvalue weighted by atomic mass is 9.89. The third-order valence-electron chi connectivity index (χ3n) is 3.02. The SMILES string of the molecule is CCCC(CN)C(=O)NCC(C)(C)CCOC. The van der Waals surface area contributed by atoms with Gasteiger partial charge in [-0.3, -0.25) is 4.79 Å². The average molecular weight is 244 g/mol. The number of rotatable bonds is 9. The van der Waals surface area contributed by atoms with Crippen LogP contribution in [0.2, 0.25) is 0 Å². The highest BCUT2D eigenvalue weighted by Gasteiger charge is 2.21. The Morgan fingerprint density at radius 3 is 2.59 bits per heavy atom. The maximum absolute atomic E-state index is 11.9. The van der Waals surface area contributed by atoms with Crippen LogP contribution in [0.5, 0.6) is 0 Å². The van der Waals surface area contributed by atoms with Crippen LogP contribution in [-0.2, 0) is 9.53 Å². The molecule has 0 aliphatic heterocycles. The standard InChI is InChI=1S/C13H28N2O2/c1-5-6-11(9-14)12(16)15-10-13(2,3)7-8-17-4/h11H,5-10,14H2,1-4H3,(H,15,16). The number of nitrogens with one attached hydrogen (secondary N) is 1. The second kappa shape index (κ2) is 8.48. The van der Waals surface area contributed by atoms with Gasteiger partial charge in [0.25, 0.3) is 0 Å². The molecule has 4 heteroatoms. The lowest BCUT2D eigenvalue weighted by molar-refractivity contribution is -0.125. The van der Waals surface area contributed by atoms with Crippen LogP contribution in [-0.4, -0.2) is 32.7 Å². The van der Waals surface area contributed by atoms with Gasteiger partial charge in [0.2, 0.25) is 5.91 Å².